The van der Waals surface area contributed by atoms with E-state index in [1.807, 2.05) is 23.0 Å². The van der Waals surface area contributed by atoms with E-state index in [9.17, 15) is 4.39 Å². The number of hydrogen-bond acceptors (Lipinski definition) is 5. The molecule has 42 heavy (non-hydrogen) atoms. The van der Waals surface area contributed by atoms with Crippen LogP contribution in [0.4, 0.5) is 10.2 Å². The molecule has 0 bridgehead atoms. The van der Waals surface area contributed by atoms with E-state index in [-0.39, 0.29) is 18.0 Å². The minimum atomic E-state index is -0.239. The maximum Gasteiger partial charge on any atom is 0.129 e. The average molecular weight is 590 g/mol. The minimum Gasteiger partial charge on any atom is -0.373 e. The first kappa shape index (κ1) is 29.1. The molecule has 1 atom stereocenters. The van der Waals surface area contributed by atoms with Gasteiger partial charge < -0.3 is 19.9 Å². The number of nitrogens with zero attached hydrogens (tertiary/aromatic N) is 4. The third-order valence-corrected chi connectivity index (χ3v) is 9.22. The van der Waals surface area contributed by atoms with Crippen LogP contribution in [0.25, 0.3) is 22.2 Å². The first-order valence-corrected chi connectivity index (χ1v) is 15.8. The second kappa shape index (κ2) is 13.1. The molecule has 2 aliphatic rings. The molecule has 0 radical (unpaired) electrons. The number of rotatable bonds is 9. The Labute approximate surface area is 253 Å². The number of halogens is 2. The van der Waals surface area contributed by atoms with Crippen LogP contribution in [0.3, 0.4) is 0 Å². The van der Waals surface area contributed by atoms with Crippen LogP contribution in [0, 0.1) is 5.82 Å². The first-order valence-electron chi connectivity index (χ1n) is 15.5. The Kier molecular flexibility index (Phi) is 9.08. The van der Waals surface area contributed by atoms with Crippen LogP contribution in [0.5, 0.6) is 0 Å². The van der Waals surface area contributed by atoms with E-state index in [0.29, 0.717) is 23.7 Å². The fourth-order valence-electron chi connectivity index (χ4n) is 6.68. The number of benzene rings is 2. The lowest BCUT2D eigenvalue weighted by atomic mass is 9.90. The van der Waals surface area contributed by atoms with Crippen molar-refractivity contribution in [1.29, 1.82) is 0 Å². The molecule has 6 rings (SSSR count). The SMILES string of the molecule is CC(CN(c1cc(-c2ccc3ncn(Cc4cccc(F)c4)c3c2)c(Cl)cn1)C1CCC(N)CC1)OC1CCCCC1. The summed E-state index contributed by atoms with van der Waals surface area (Å²) in [4.78, 5) is 11.9. The lowest BCUT2D eigenvalue weighted by Crippen LogP contribution is -2.45. The quantitative estimate of drug-likeness (QED) is 0.216. The van der Waals surface area contributed by atoms with Crippen LogP contribution in [-0.4, -0.2) is 45.4 Å². The number of imidazole rings is 1. The van der Waals surface area contributed by atoms with Crippen molar-refractivity contribution >= 4 is 28.5 Å². The summed E-state index contributed by atoms with van der Waals surface area (Å²) in [7, 11) is 0. The molecule has 6 nitrogen and oxygen atoms in total. The predicted molar refractivity (Wildman–Crippen MR) is 168 cm³/mol. The number of ether oxygens (including phenoxy) is 1. The van der Waals surface area contributed by atoms with Crippen LogP contribution < -0.4 is 10.6 Å². The highest BCUT2D eigenvalue weighted by Crippen LogP contribution is 2.35. The molecule has 2 heterocycles. The standard InChI is InChI=1S/C34H41ClFN5O/c1-23(42-29-8-3-2-4-9-29)20-41(28-13-11-27(37)12-14-28)34-18-30(31(35)19-38-34)25-10-15-32-33(17-25)40(22-39-32)21-24-6-5-7-26(36)16-24/h5-7,10,15-19,22-23,27-29H,2-4,8-9,11-14,20-21,37H2,1H3. The van der Waals surface area contributed by atoms with Crippen molar-refractivity contribution in [3.05, 3.63) is 77.5 Å². The maximum atomic E-state index is 13.8. The van der Waals surface area contributed by atoms with Gasteiger partial charge in [-0.1, -0.05) is 49.1 Å². The zero-order valence-corrected chi connectivity index (χ0v) is 25.1. The smallest absolute Gasteiger partial charge is 0.129 e. The Balaban J connectivity index is 1.29. The van der Waals surface area contributed by atoms with E-state index in [1.165, 1.54) is 25.3 Å². The topological polar surface area (TPSA) is 69.2 Å². The third kappa shape index (κ3) is 6.80. The highest BCUT2D eigenvalue weighted by atomic mass is 35.5. The largest absolute Gasteiger partial charge is 0.373 e. The lowest BCUT2D eigenvalue weighted by molar-refractivity contribution is -0.0180. The van der Waals surface area contributed by atoms with Gasteiger partial charge in [0.05, 0.1) is 34.6 Å². The first-order chi connectivity index (χ1) is 20.4. The summed E-state index contributed by atoms with van der Waals surface area (Å²) >= 11 is 6.80. The van der Waals surface area contributed by atoms with Gasteiger partial charge in [0.15, 0.2) is 0 Å². The Morgan fingerprint density at radius 3 is 2.62 bits per heavy atom. The summed E-state index contributed by atoms with van der Waals surface area (Å²) in [5.74, 6) is 0.680. The van der Waals surface area contributed by atoms with Crippen molar-refractivity contribution in [1.82, 2.24) is 14.5 Å². The van der Waals surface area contributed by atoms with Gasteiger partial charge in [-0.05, 0) is 86.9 Å². The Morgan fingerprint density at radius 1 is 1.02 bits per heavy atom. The summed E-state index contributed by atoms with van der Waals surface area (Å²) in [6, 6.07) is 15.6. The average Bonchev–Trinajstić information content (AvgIpc) is 3.39. The molecular weight excluding hydrogens is 549 g/mol. The predicted octanol–water partition coefficient (Wildman–Crippen LogP) is 7.75. The molecular formula is C34H41ClFN5O. The second-order valence-corrected chi connectivity index (χ2v) is 12.6. The minimum absolute atomic E-state index is 0.0955. The van der Waals surface area contributed by atoms with E-state index < -0.39 is 0 Å². The number of aromatic nitrogens is 3. The summed E-state index contributed by atoms with van der Waals surface area (Å²) in [6.07, 6.45) is 14.3. The van der Waals surface area contributed by atoms with Crippen LogP contribution in [0.1, 0.15) is 70.3 Å². The normalized spacial score (nSPS) is 20.6. The highest BCUT2D eigenvalue weighted by Gasteiger charge is 2.28. The van der Waals surface area contributed by atoms with Gasteiger partial charge in [0.25, 0.3) is 0 Å². The van der Waals surface area contributed by atoms with Gasteiger partial charge in [0.2, 0.25) is 0 Å². The molecule has 2 N–H and O–H groups in total. The molecule has 4 aromatic rings. The summed E-state index contributed by atoms with van der Waals surface area (Å²) in [6.45, 7) is 3.51. The molecule has 2 aromatic heterocycles. The number of pyridine rings is 1. The molecule has 0 amide bonds. The molecule has 1 unspecified atom stereocenters. The molecule has 0 spiro atoms. The van der Waals surface area contributed by atoms with Crippen LogP contribution in [-0.2, 0) is 11.3 Å². The Bertz CT molecular complexity index is 1490. The van der Waals surface area contributed by atoms with Gasteiger partial charge in [-0.15, -0.1) is 0 Å². The molecule has 0 saturated heterocycles. The number of hydrogen-bond donors (Lipinski definition) is 1. The molecule has 222 valence electrons. The molecule has 2 fully saturated rings. The van der Waals surface area contributed by atoms with Crippen molar-refractivity contribution in [2.45, 2.75) is 95.5 Å². The highest BCUT2D eigenvalue weighted by molar-refractivity contribution is 6.33. The Morgan fingerprint density at radius 2 is 1.83 bits per heavy atom. The van der Waals surface area contributed by atoms with E-state index in [0.717, 1.165) is 78.6 Å². The zero-order valence-electron chi connectivity index (χ0n) is 24.4. The van der Waals surface area contributed by atoms with Crippen molar-refractivity contribution in [2.75, 3.05) is 11.4 Å². The van der Waals surface area contributed by atoms with Crippen LogP contribution in [0.15, 0.2) is 61.1 Å². The van der Waals surface area contributed by atoms with Crippen molar-refractivity contribution in [3.63, 3.8) is 0 Å². The number of fused-ring (bicyclic) bond motifs is 1. The van der Waals surface area contributed by atoms with E-state index in [4.69, 9.17) is 27.1 Å². The van der Waals surface area contributed by atoms with Crippen molar-refractivity contribution in [2.24, 2.45) is 5.73 Å². The van der Waals surface area contributed by atoms with Crippen LogP contribution in [0.2, 0.25) is 5.02 Å². The summed E-state index contributed by atoms with van der Waals surface area (Å²) in [5.41, 5.74) is 10.9. The van der Waals surface area contributed by atoms with Gasteiger partial charge in [-0.25, -0.2) is 14.4 Å². The number of anilines is 1. The lowest BCUT2D eigenvalue weighted by Gasteiger charge is -2.39. The zero-order chi connectivity index (χ0) is 29.1. The van der Waals surface area contributed by atoms with Gasteiger partial charge in [-0.2, -0.15) is 0 Å². The fourth-order valence-corrected chi connectivity index (χ4v) is 6.89. The monoisotopic (exact) mass is 589 g/mol. The third-order valence-electron chi connectivity index (χ3n) is 8.92. The Hall–Kier alpha value is -3.00. The van der Waals surface area contributed by atoms with E-state index >= 15 is 0 Å². The summed E-state index contributed by atoms with van der Waals surface area (Å²) < 4.78 is 22.4. The molecule has 0 aliphatic heterocycles. The fraction of sp³-hybridized carbons (Fsp3) is 0.471. The van der Waals surface area contributed by atoms with E-state index in [1.54, 1.807) is 18.3 Å². The van der Waals surface area contributed by atoms with Gasteiger partial charge in [0, 0.05) is 36.9 Å². The molecule has 2 aromatic carbocycles. The van der Waals surface area contributed by atoms with Gasteiger partial charge in [-0.3, -0.25) is 0 Å². The van der Waals surface area contributed by atoms with Gasteiger partial charge >= 0.3 is 0 Å². The number of nitrogens with two attached hydrogens (primary N) is 1. The second-order valence-electron chi connectivity index (χ2n) is 12.2. The molecule has 2 saturated carbocycles. The molecule has 2 aliphatic carbocycles. The summed E-state index contributed by atoms with van der Waals surface area (Å²) in [5, 5.41) is 0.603. The van der Waals surface area contributed by atoms with Crippen molar-refractivity contribution in [3.8, 4) is 11.1 Å². The van der Waals surface area contributed by atoms with Crippen LogP contribution >= 0.6 is 11.6 Å². The van der Waals surface area contributed by atoms with E-state index in [2.05, 4.69) is 35.0 Å². The maximum absolute atomic E-state index is 13.8. The molecule has 8 heteroatoms. The van der Waals surface area contributed by atoms with Crippen molar-refractivity contribution < 1.29 is 9.13 Å². The van der Waals surface area contributed by atoms with Gasteiger partial charge in [0.1, 0.15) is 11.6 Å².